The lowest BCUT2D eigenvalue weighted by molar-refractivity contribution is 0.367. The van der Waals surface area contributed by atoms with Gasteiger partial charge in [-0.15, -0.1) is 0 Å². The molecule has 0 heterocycles. The molecule has 0 spiro atoms. The van der Waals surface area contributed by atoms with Gasteiger partial charge in [0.15, 0.2) is 0 Å². The van der Waals surface area contributed by atoms with Crippen LogP contribution in [0.1, 0.15) is 85.0 Å². The maximum Gasteiger partial charge on any atom is 0.00383 e. The highest BCUT2D eigenvalue weighted by molar-refractivity contribution is 4.65. The van der Waals surface area contributed by atoms with Crippen LogP contribution >= 0.6 is 0 Å². The fraction of sp³-hybridized carbons (Fsp3) is 1.00. The van der Waals surface area contributed by atoms with E-state index in [1.54, 1.807) is 0 Å². The first-order valence-electron chi connectivity index (χ1n) is 7.91. The average Bonchev–Trinajstić information content (AvgIpc) is 2.35. The van der Waals surface area contributed by atoms with Crippen molar-refractivity contribution in [2.24, 2.45) is 5.92 Å². The number of hydrogen-bond acceptors (Lipinski definition) is 1. The molecule has 0 rings (SSSR count). The standard InChI is InChI=1S/C16H35N/c1-5-7-8-9-10-11-12-13-16(6-2)14-15(3)17-4/h15-17H,5-14H2,1-4H3. The summed E-state index contributed by atoms with van der Waals surface area (Å²) in [6.07, 6.45) is 14.2. The highest BCUT2D eigenvalue weighted by Crippen LogP contribution is 2.19. The summed E-state index contributed by atoms with van der Waals surface area (Å²) in [7, 11) is 2.07. The van der Waals surface area contributed by atoms with Gasteiger partial charge in [-0.1, -0.05) is 71.6 Å². The Bertz CT molecular complexity index is 144. The van der Waals surface area contributed by atoms with Crippen LogP contribution in [0.25, 0.3) is 0 Å². The van der Waals surface area contributed by atoms with E-state index in [1.807, 2.05) is 0 Å². The van der Waals surface area contributed by atoms with E-state index in [4.69, 9.17) is 0 Å². The molecule has 0 aliphatic rings. The molecule has 0 aromatic carbocycles. The van der Waals surface area contributed by atoms with Gasteiger partial charge in [0.1, 0.15) is 0 Å². The van der Waals surface area contributed by atoms with Gasteiger partial charge in [-0.25, -0.2) is 0 Å². The molecule has 2 atom stereocenters. The van der Waals surface area contributed by atoms with E-state index in [1.165, 1.54) is 64.2 Å². The molecule has 0 amide bonds. The first-order valence-corrected chi connectivity index (χ1v) is 7.91. The van der Waals surface area contributed by atoms with Gasteiger partial charge in [0.25, 0.3) is 0 Å². The van der Waals surface area contributed by atoms with E-state index in [0.717, 1.165) is 5.92 Å². The summed E-state index contributed by atoms with van der Waals surface area (Å²) in [5.41, 5.74) is 0. The number of unbranched alkanes of at least 4 members (excludes halogenated alkanes) is 6. The zero-order valence-electron chi connectivity index (χ0n) is 12.7. The summed E-state index contributed by atoms with van der Waals surface area (Å²) < 4.78 is 0. The first-order chi connectivity index (χ1) is 8.24. The SMILES string of the molecule is CCCCCCCCCC(CC)CC(C)NC. The minimum absolute atomic E-state index is 0.685. The lowest BCUT2D eigenvalue weighted by Crippen LogP contribution is -2.24. The van der Waals surface area contributed by atoms with Crippen molar-refractivity contribution < 1.29 is 0 Å². The van der Waals surface area contributed by atoms with Gasteiger partial charge >= 0.3 is 0 Å². The molecule has 1 heteroatoms. The number of rotatable bonds is 12. The van der Waals surface area contributed by atoms with Crippen molar-refractivity contribution in [3.63, 3.8) is 0 Å². The quantitative estimate of drug-likeness (QED) is 0.466. The molecule has 17 heavy (non-hydrogen) atoms. The third kappa shape index (κ3) is 10.8. The minimum Gasteiger partial charge on any atom is -0.317 e. The van der Waals surface area contributed by atoms with Crippen LogP contribution in [0.4, 0.5) is 0 Å². The second kappa shape index (κ2) is 12.4. The van der Waals surface area contributed by atoms with E-state index in [9.17, 15) is 0 Å². The minimum atomic E-state index is 0.685. The van der Waals surface area contributed by atoms with Crippen molar-refractivity contribution in [3.05, 3.63) is 0 Å². The molecular formula is C16H35N. The molecular weight excluding hydrogens is 206 g/mol. The second-order valence-electron chi connectivity index (χ2n) is 5.61. The fourth-order valence-corrected chi connectivity index (χ4v) is 2.50. The third-order valence-electron chi connectivity index (χ3n) is 3.97. The van der Waals surface area contributed by atoms with Gasteiger partial charge in [-0.3, -0.25) is 0 Å². The highest BCUT2D eigenvalue weighted by atomic mass is 14.8. The molecule has 0 aromatic rings. The average molecular weight is 241 g/mol. The molecule has 0 aromatic heterocycles. The Morgan fingerprint density at radius 3 is 2.00 bits per heavy atom. The normalized spacial score (nSPS) is 14.8. The van der Waals surface area contributed by atoms with Gasteiger partial charge in [0.05, 0.1) is 0 Å². The van der Waals surface area contributed by atoms with Crippen LogP contribution in [-0.2, 0) is 0 Å². The van der Waals surface area contributed by atoms with Crippen LogP contribution in [0.3, 0.4) is 0 Å². The third-order valence-corrected chi connectivity index (χ3v) is 3.97. The molecule has 1 nitrogen and oxygen atoms in total. The van der Waals surface area contributed by atoms with Crippen LogP contribution in [-0.4, -0.2) is 13.1 Å². The molecule has 1 N–H and O–H groups in total. The molecule has 0 saturated heterocycles. The van der Waals surface area contributed by atoms with Crippen molar-refractivity contribution in [2.75, 3.05) is 7.05 Å². The summed E-state index contributed by atoms with van der Waals surface area (Å²) in [6.45, 7) is 6.93. The fourth-order valence-electron chi connectivity index (χ4n) is 2.50. The van der Waals surface area contributed by atoms with Gasteiger partial charge in [-0.2, -0.15) is 0 Å². The molecule has 0 bridgehead atoms. The Morgan fingerprint density at radius 1 is 0.882 bits per heavy atom. The molecule has 104 valence electrons. The Kier molecular flexibility index (Phi) is 12.4. The van der Waals surface area contributed by atoms with Crippen molar-refractivity contribution in [1.29, 1.82) is 0 Å². The Balaban J connectivity index is 3.37. The predicted octanol–water partition coefficient (Wildman–Crippen LogP) is 5.15. The molecule has 0 radical (unpaired) electrons. The van der Waals surface area contributed by atoms with E-state index in [2.05, 4.69) is 33.1 Å². The topological polar surface area (TPSA) is 12.0 Å². The van der Waals surface area contributed by atoms with Crippen LogP contribution < -0.4 is 5.32 Å². The van der Waals surface area contributed by atoms with Gasteiger partial charge in [0, 0.05) is 6.04 Å². The van der Waals surface area contributed by atoms with E-state index in [-0.39, 0.29) is 0 Å². The summed E-state index contributed by atoms with van der Waals surface area (Å²) in [5, 5.41) is 3.35. The maximum atomic E-state index is 3.35. The Hall–Kier alpha value is -0.0400. The van der Waals surface area contributed by atoms with Crippen molar-refractivity contribution in [3.8, 4) is 0 Å². The number of nitrogens with one attached hydrogen (secondary N) is 1. The van der Waals surface area contributed by atoms with Crippen LogP contribution in [0.2, 0.25) is 0 Å². The smallest absolute Gasteiger partial charge is 0.00383 e. The van der Waals surface area contributed by atoms with Crippen LogP contribution in [0.15, 0.2) is 0 Å². The molecule has 0 aliphatic carbocycles. The second-order valence-corrected chi connectivity index (χ2v) is 5.61. The Morgan fingerprint density at radius 2 is 1.47 bits per heavy atom. The lowest BCUT2D eigenvalue weighted by Gasteiger charge is -2.19. The summed E-state index contributed by atoms with van der Waals surface area (Å²) in [4.78, 5) is 0. The Labute approximate surface area is 110 Å². The van der Waals surface area contributed by atoms with Gasteiger partial charge < -0.3 is 5.32 Å². The zero-order chi connectivity index (χ0) is 12.9. The molecule has 0 aliphatic heterocycles. The zero-order valence-corrected chi connectivity index (χ0v) is 12.7. The van der Waals surface area contributed by atoms with Crippen molar-refractivity contribution in [1.82, 2.24) is 5.32 Å². The summed E-state index contributed by atoms with van der Waals surface area (Å²) in [6, 6.07) is 0.685. The van der Waals surface area contributed by atoms with E-state index < -0.39 is 0 Å². The van der Waals surface area contributed by atoms with Crippen LogP contribution in [0, 0.1) is 5.92 Å². The lowest BCUT2D eigenvalue weighted by atomic mass is 9.92. The van der Waals surface area contributed by atoms with Crippen molar-refractivity contribution in [2.45, 2.75) is 91.0 Å². The predicted molar refractivity (Wildman–Crippen MR) is 79.5 cm³/mol. The van der Waals surface area contributed by atoms with Crippen LogP contribution in [0.5, 0.6) is 0 Å². The number of hydrogen-bond donors (Lipinski definition) is 1. The molecule has 2 unspecified atom stereocenters. The monoisotopic (exact) mass is 241 g/mol. The van der Waals surface area contributed by atoms with E-state index in [0.29, 0.717) is 6.04 Å². The largest absolute Gasteiger partial charge is 0.317 e. The van der Waals surface area contributed by atoms with Gasteiger partial charge in [0.2, 0.25) is 0 Å². The summed E-state index contributed by atoms with van der Waals surface area (Å²) >= 11 is 0. The van der Waals surface area contributed by atoms with Crippen molar-refractivity contribution >= 4 is 0 Å². The summed E-state index contributed by atoms with van der Waals surface area (Å²) in [5.74, 6) is 0.938. The highest BCUT2D eigenvalue weighted by Gasteiger charge is 2.09. The molecule has 0 saturated carbocycles. The van der Waals surface area contributed by atoms with Gasteiger partial charge in [-0.05, 0) is 26.3 Å². The first kappa shape index (κ1) is 17.0. The van der Waals surface area contributed by atoms with E-state index >= 15 is 0 Å². The molecule has 0 fully saturated rings. The maximum absolute atomic E-state index is 3.35.